The molecule has 0 saturated heterocycles. The lowest BCUT2D eigenvalue weighted by atomic mass is 9.97. The molecule has 0 aromatic rings. The third kappa shape index (κ3) is 21.6. The summed E-state index contributed by atoms with van der Waals surface area (Å²) in [6.07, 6.45) is 14.9. The fourth-order valence-electron chi connectivity index (χ4n) is 3.29. The van der Waals surface area contributed by atoms with Gasteiger partial charge in [-0.15, -0.1) is 0 Å². The highest BCUT2D eigenvalue weighted by Gasteiger charge is 2.08. The van der Waals surface area contributed by atoms with Crippen molar-refractivity contribution in [1.82, 2.24) is 0 Å². The van der Waals surface area contributed by atoms with E-state index < -0.39 is 0 Å². The zero-order valence-electron chi connectivity index (χ0n) is 20.7. The Bertz CT molecular complexity index is 417. The van der Waals surface area contributed by atoms with E-state index in [1.807, 2.05) is 0 Å². The molecule has 1 atom stereocenters. The Morgan fingerprint density at radius 3 is 1.47 bits per heavy atom. The maximum Gasteiger partial charge on any atom is 0.305 e. The highest BCUT2D eigenvalue weighted by molar-refractivity contribution is 5.69. The number of esters is 2. The second-order valence-corrected chi connectivity index (χ2v) is 9.82. The molecule has 0 N–H and O–H groups in total. The first-order chi connectivity index (χ1) is 14.3. The van der Waals surface area contributed by atoms with Gasteiger partial charge in [-0.3, -0.25) is 9.59 Å². The summed E-state index contributed by atoms with van der Waals surface area (Å²) in [7, 11) is 0. The van der Waals surface area contributed by atoms with Gasteiger partial charge in [0, 0.05) is 12.8 Å². The van der Waals surface area contributed by atoms with Gasteiger partial charge in [-0.25, -0.2) is 0 Å². The van der Waals surface area contributed by atoms with Crippen molar-refractivity contribution in [2.75, 3.05) is 13.2 Å². The van der Waals surface area contributed by atoms with E-state index in [4.69, 9.17) is 9.47 Å². The standard InChI is InChI=1S/C26H50O4/c1-22(2)18-20-29-25(27)15-13-11-9-7-6-8-10-12-14-24(5)16-17-26(28)30-21-19-23(3)4/h22-24H,6-21H2,1-5H3. The number of ether oxygens (including phenoxy) is 2. The largest absolute Gasteiger partial charge is 0.466 e. The van der Waals surface area contributed by atoms with Crippen molar-refractivity contribution in [1.29, 1.82) is 0 Å². The normalized spacial score (nSPS) is 12.4. The molecule has 178 valence electrons. The fourth-order valence-corrected chi connectivity index (χ4v) is 3.29. The zero-order chi connectivity index (χ0) is 22.6. The van der Waals surface area contributed by atoms with E-state index in [1.54, 1.807) is 0 Å². The topological polar surface area (TPSA) is 52.6 Å². The summed E-state index contributed by atoms with van der Waals surface area (Å²) in [5.41, 5.74) is 0. The van der Waals surface area contributed by atoms with Crippen LogP contribution < -0.4 is 0 Å². The Kier molecular flexibility index (Phi) is 19.2. The van der Waals surface area contributed by atoms with Gasteiger partial charge in [-0.2, -0.15) is 0 Å². The van der Waals surface area contributed by atoms with Crippen LogP contribution in [0.5, 0.6) is 0 Å². The quantitative estimate of drug-likeness (QED) is 0.149. The van der Waals surface area contributed by atoms with Crippen LogP contribution in [0.15, 0.2) is 0 Å². The lowest BCUT2D eigenvalue weighted by Gasteiger charge is -2.11. The molecule has 0 amide bonds. The number of hydrogen-bond donors (Lipinski definition) is 0. The maximum atomic E-state index is 11.7. The molecule has 0 aromatic carbocycles. The first-order valence-electron chi connectivity index (χ1n) is 12.6. The van der Waals surface area contributed by atoms with Crippen LogP contribution in [-0.4, -0.2) is 25.2 Å². The molecule has 0 heterocycles. The van der Waals surface area contributed by atoms with Crippen LogP contribution in [0, 0.1) is 17.8 Å². The molecule has 0 aromatic heterocycles. The smallest absolute Gasteiger partial charge is 0.305 e. The third-order valence-electron chi connectivity index (χ3n) is 5.59. The summed E-state index contributed by atoms with van der Waals surface area (Å²) in [5, 5.41) is 0. The molecule has 1 unspecified atom stereocenters. The molecule has 0 rings (SSSR count). The minimum Gasteiger partial charge on any atom is -0.466 e. The van der Waals surface area contributed by atoms with Gasteiger partial charge in [0.2, 0.25) is 0 Å². The molecular formula is C26H50O4. The van der Waals surface area contributed by atoms with Crippen LogP contribution in [0.4, 0.5) is 0 Å². The maximum absolute atomic E-state index is 11.7. The Morgan fingerprint density at radius 2 is 0.967 bits per heavy atom. The van der Waals surface area contributed by atoms with Gasteiger partial charge < -0.3 is 9.47 Å². The summed E-state index contributed by atoms with van der Waals surface area (Å²) >= 11 is 0. The molecule has 0 radical (unpaired) electrons. The van der Waals surface area contributed by atoms with Gasteiger partial charge >= 0.3 is 11.9 Å². The molecule has 4 heteroatoms. The van der Waals surface area contributed by atoms with Crippen molar-refractivity contribution in [2.24, 2.45) is 17.8 Å². The van der Waals surface area contributed by atoms with E-state index in [1.165, 1.54) is 44.9 Å². The van der Waals surface area contributed by atoms with Crippen LogP contribution in [-0.2, 0) is 19.1 Å². The minimum absolute atomic E-state index is 0.0337. The highest BCUT2D eigenvalue weighted by Crippen LogP contribution is 2.17. The second kappa shape index (κ2) is 19.9. The van der Waals surface area contributed by atoms with E-state index in [9.17, 15) is 9.59 Å². The van der Waals surface area contributed by atoms with Crippen molar-refractivity contribution in [3.05, 3.63) is 0 Å². The molecule has 0 aliphatic heterocycles. The van der Waals surface area contributed by atoms with Gasteiger partial charge in [0.05, 0.1) is 13.2 Å². The number of rotatable bonds is 20. The van der Waals surface area contributed by atoms with Crippen LogP contribution in [0.25, 0.3) is 0 Å². The van der Waals surface area contributed by atoms with Gasteiger partial charge in [0.25, 0.3) is 0 Å². The average Bonchev–Trinajstić information content (AvgIpc) is 2.67. The Hall–Kier alpha value is -1.06. The first-order valence-corrected chi connectivity index (χ1v) is 12.6. The second-order valence-electron chi connectivity index (χ2n) is 9.82. The average molecular weight is 427 g/mol. The van der Waals surface area contributed by atoms with Crippen LogP contribution in [0.2, 0.25) is 0 Å². The Morgan fingerprint density at radius 1 is 0.533 bits per heavy atom. The first kappa shape index (κ1) is 28.9. The lowest BCUT2D eigenvalue weighted by Crippen LogP contribution is -2.09. The fraction of sp³-hybridized carbons (Fsp3) is 0.923. The zero-order valence-corrected chi connectivity index (χ0v) is 20.7. The van der Waals surface area contributed by atoms with E-state index >= 15 is 0 Å². The summed E-state index contributed by atoms with van der Waals surface area (Å²) in [5.74, 6) is 1.70. The molecule has 0 spiro atoms. The summed E-state index contributed by atoms with van der Waals surface area (Å²) < 4.78 is 10.5. The molecule has 4 nitrogen and oxygen atoms in total. The highest BCUT2D eigenvalue weighted by atomic mass is 16.5. The predicted octanol–water partition coefficient (Wildman–Crippen LogP) is 7.48. The van der Waals surface area contributed by atoms with E-state index in [0.29, 0.717) is 43.8 Å². The lowest BCUT2D eigenvalue weighted by molar-refractivity contribution is -0.145. The van der Waals surface area contributed by atoms with Gasteiger partial charge in [-0.1, -0.05) is 86.0 Å². The SMILES string of the molecule is CC(C)CCOC(=O)CCCCCCCCCCC(C)CCC(=O)OCCC(C)C. The van der Waals surface area contributed by atoms with Crippen molar-refractivity contribution >= 4 is 11.9 Å². The number of unbranched alkanes of at least 4 members (excludes halogenated alkanes) is 7. The molecule has 0 aliphatic carbocycles. The monoisotopic (exact) mass is 426 g/mol. The number of hydrogen-bond acceptors (Lipinski definition) is 4. The van der Waals surface area contributed by atoms with Crippen LogP contribution in [0.3, 0.4) is 0 Å². The minimum atomic E-state index is -0.0358. The van der Waals surface area contributed by atoms with Crippen molar-refractivity contribution in [3.63, 3.8) is 0 Å². The van der Waals surface area contributed by atoms with Crippen LogP contribution >= 0.6 is 0 Å². The van der Waals surface area contributed by atoms with Gasteiger partial charge in [-0.05, 0) is 43.4 Å². The van der Waals surface area contributed by atoms with E-state index in [2.05, 4.69) is 34.6 Å². The van der Waals surface area contributed by atoms with Crippen LogP contribution in [0.1, 0.15) is 125 Å². The molecular weight excluding hydrogens is 376 g/mol. The molecule has 0 bridgehead atoms. The van der Waals surface area contributed by atoms with E-state index in [0.717, 1.165) is 32.1 Å². The molecule has 30 heavy (non-hydrogen) atoms. The van der Waals surface area contributed by atoms with E-state index in [-0.39, 0.29) is 11.9 Å². The molecule has 0 saturated carbocycles. The molecule has 0 fully saturated rings. The Balaban J connectivity index is 3.37. The predicted molar refractivity (Wildman–Crippen MR) is 125 cm³/mol. The molecule has 0 aliphatic rings. The van der Waals surface area contributed by atoms with Gasteiger partial charge in [0.15, 0.2) is 0 Å². The Labute approximate surface area is 186 Å². The summed E-state index contributed by atoms with van der Waals surface area (Å²) in [6, 6.07) is 0. The van der Waals surface area contributed by atoms with Crippen molar-refractivity contribution in [2.45, 2.75) is 125 Å². The van der Waals surface area contributed by atoms with Gasteiger partial charge in [0.1, 0.15) is 0 Å². The summed E-state index contributed by atoms with van der Waals surface area (Å²) in [4.78, 5) is 23.3. The van der Waals surface area contributed by atoms with Crippen molar-refractivity contribution < 1.29 is 19.1 Å². The number of carbonyl (C=O) groups is 2. The third-order valence-corrected chi connectivity index (χ3v) is 5.59. The summed E-state index contributed by atoms with van der Waals surface area (Å²) in [6.45, 7) is 11.9. The van der Waals surface area contributed by atoms with Crippen molar-refractivity contribution in [3.8, 4) is 0 Å². The number of carbonyl (C=O) groups excluding carboxylic acids is 2.